The first-order valence-electron chi connectivity index (χ1n) is 9.60. The maximum absolute atomic E-state index is 12.7. The standard InChI is InChI=1S/C22H24BrNO3/c23-16-10-8-15(9-11-16)18-13-19(18)22(25)24-20-6-1-2-7-21(20)27-14-17-5-3-4-12-26-17/h1-2,6-11,17-19H,3-5,12-14H2,(H,24,25). The molecule has 1 amide bonds. The first-order chi connectivity index (χ1) is 13.2. The fourth-order valence-electron chi connectivity index (χ4n) is 3.61. The number of rotatable bonds is 6. The Bertz CT molecular complexity index is 786. The number of amides is 1. The van der Waals surface area contributed by atoms with Crippen LogP contribution in [0.25, 0.3) is 0 Å². The lowest BCUT2D eigenvalue weighted by atomic mass is 10.1. The summed E-state index contributed by atoms with van der Waals surface area (Å²) in [6, 6.07) is 15.9. The molecule has 1 saturated carbocycles. The van der Waals surface area contributed by atoms with Crippen molar-refractivity contribution >= 4 is 27.5 Å². The highest BCUT2D eigenvalue weighted by molar-refractivity contribution is 9.10. The van der Waals surface area contributed by atoms with Crippen LogP contribution < -0.4 is 10.1 Å². The number of ether oxygens (including phenoxy) is 2. The molecule has 1 N–H and O–H groups in total. The first-order valence-corrected chi connectivity index (χ1v) is 10.4. The molecule has 2 aliphatic rings. The highest BCUT2D eigenvalue weighted by Gasteiger charge is 2.44. The van der Waals surface area contributed by atoms with Gasteiger partial charge in [-0.25, -0.2) is 0 Å². The van der Waals surface area contributed by atoms with Gasteiger partial charge in [0.15, 0.2) is 0 Å². The van der Waals surface area contributed by atoms with E-state index in [2.05, 4.69) is 33.4 Å². The average Bonchev–Trinajstić information content (AvgIpc) is 3.50. The summed E-state index contributed by atoms with van der Waals surface area (Å²) in [5, 5.41) is 3.06. The molecule has 3 atom stereocenters. The third-order valence-corrected chi connectivity index (χ3v) is 5.80. The third-order valence-electron chi connectivity index (χ3n) is 5.27. The molecule has 2 aromatic rings. The van der Waals surface area contributed by atoms with Crippen molar-refractivity contribution in [1.82, 2.24) is 0 Å². The zero-order chi connectivity index (χ0) is 18.6. The van der Waals surface area contributed by atoms with Gasteiger partial charge >= 0.3 is 0 Å². The highest BCUT2D eigenvalue weighted by atomic mass is 79.9. The van der Waals surface area contributed by atoms with Gasteiger partial charge in [-0.1, -0.05) is 40.2 Å². The van der Waals surface area contributed by atoms with Crippen LogP contribution in [0, 0.1) is 5.92 Å². The van der Waals surface area contributed by atoms with Crippen molar-refractivity contribution in [3.8, 4) is 5.75 Å². The van der Waals surface area contributed by atoms with Gasteiger partial charge in [0.1, 0.15) is 12.4 Å². The molecular weight excluding hydrogens is 406 g/mol. The number of carbonyl (C=O) groups is 1. The second-order valence-electron chi connectivity index (χ2n) is 7.29. The van der Waals surface area contributed by atoms with Crippen molar-refractivity contribution in [3.05, 3.63) is 58.6 Å². The lowest BCUT2D eigenvalue weighted by Crippen LogP contribution is -2.26. The Morgan fingerprint density at radius 2 is 1.96 bits per heavy atom. The summed E-state index contributed by atoms with van der Waals surface area (Å²) in [6.07, 6.45) is 4.39. The predicted octanol–water partition coefficient (Wildman–Crippen LogP) is 5.14. The van der Waals surface area contributed by atoms with Gasteiger partial charge in [-0.3, -0.25) is 4.79 Å². The van der Waals surface area contributed by atoms with Crippen molar-refractivity contribution in [3.63, 3.8) is 0 Å². The average molecular weight is 430 g/mol. The van der Waals surface area contributed by atoms with Gasteiger partial charge in [0.05, 0.1) is 11.8 Å². The zero-order valence-electron chi connectivity index (χ0n) is 15.2. The molecule has 4 rings (SSSR count). The van der Waals surface area contributed by atoms with Crippen molar-refractivity contribution in [2.75, 3.05) is 18.5 Å². The van der Waals surface area contributed by atoms with E-state index in [1.54, 1.807) is 0 Å². The maximum Gasteiger partial charge on any atom is 0.228 e. The Hall–Kier alpha value is -1.85. The number of anilines is 1. The number of hydrogen-bond donors (Lipinski definition) is 1. The Morgan fingerprint density at radius 1 is 1.15 bits per heavy atom. The minimum absolute atomic E-state index is 0.0286. The van der Waals surface area contributed by atoms with Crippen LogP contribution in [0.2, 0.25) is 0 Å². The number of benzene rings is 2. The van der Waals surface area contributed by atoms with Gasteiger partial charge in [-0.2, -0.15) is 0 Å². The van der Waals surface area contributed by atoms with E-state index >= 15 is 0 Å². The number of para-hydroxylation sites is 2. The SMILES string of the molecule is O=C(Nc1ccccc1OCC1CCCCO1)C1CC1c1ccc(Br)cc1. The Balaban J connectivity index is 1.35. The zero-order valence-corrected chi connectivity index (χ0v) is 16.8. The molecule has 4 nitrogen and oxygen atoms in total. The lowest BCUT2D eigenvalue weighted by molar-refractivity contribution is -0.117. The fraction of sp³-hybridized carbons (Fsp3) is 0.409. The molecule has 2 aromatic carbocycles. The maximum atomic E-state index is 12.7. The summed E-state index contributed by atoms with van der Waals surface area (Å²) >= 11 is 3.45. The molecule has 3 unspecified atom stereocenters. The summed E-state index contributed by atoms with van der Waals surface area (Å²) in [5.74, 6) is 1.11. The second-order valence-corrected chi connectivity index (χ2v) is 8.20. The third kappa shape index (κ3) is 4.71. The van der Waals surface area contributed by atoms with Gasteiger partial charge in [0.2, 0.25) is 5.91 Å². The van der Waals surface area contributed by atoms with E-state index in [0.29, 0.717) is 18.3 Å². The summed E-state index contributed by atoms with van der Waals surface area (Å²) in [7, 11) is 0. The molecule has 0 spiro atoms. The van der Waals surface area contributed by atoms with Crippen LogP contribution in [-0.4, -0.2) is 25.2 Å². The Kier molecular flexibility index (Phi) is 5.79. The van der Waals surface area contributed by atoms with E-state index in [-0.39, 0.29) is 17.9 Å². The normalized spacial score (nSPS) is 24.3. The topological polar surface area (TPSA) is 47.6 Å². The molecule has 1 saturated heterocycles. The Labute approximate surface area is 168 Å². The fourth-order valence-corrected chi connectivity index (χ4v) is 3.87. The molecule has 27 heavy (non-hydrogen) atoms. The first kappa shape index (κ1) is 18.5. The minimum Gasteiger partial charge on any atom is -0.489 e. The predicted molar refractivity (Wildman–Crippen MR) is 109 cm³/mol. The molecule has 0 aromatic heterocycles. The number of hydrogen-bond acceptors (Lipinski definition) is 3. The monoisotopic (exact) mass is 429 g/mol. The molecule has 142 valence electrons. The highest BCUT2D eigenvalue weighted by Crippen LogP contribution is 2.48. The van der Waals surface area contributed by atoms with Crippen LogP contribution in [-0.2, 0) is 9.53 Å². The van der Waals surface area contributed by atoms with Crippen molar-refractivity contribution in [2.45, 2.75) is 37.7 Å². The van der Waals surface area contributed by atoms with E-state index < -0.39 is 0 Å². The molecule has 2 fully saturated rings. The summed E-state index contributed by atoms with van der Waals surface area (Å²) in [6.45, 7) is 1.34. The van der Waals surface area contributed by atoms with E-state index in [1.165, 1.54) is 12.0 Å². The minimum atomic E-state index is 0.0286. The molecule has 1 aliphatic carbocycles. The smallest absolute Gasteiger partial charge is 0.228 e. The van der Waals surface area contributed by atoms with Crippen LogP contribution in [0.3, 0.4) is 0 Å². The van der Waals surface area contributed by atoms with Gasteiger partial charge in [-0.05, 0) is 61.4 Å². The van der Waals surface area contributed by atoms with Crippen LogP contribution in [0.1, 0.15) is 37.2 Å². The van der Waals surface area contributed by atoms with Crippen LogP contribution in [0.15, 0.2) is 53.0 Å². The number of nitrogens with one attached hydrogen (secondary N) is 1. The summed E-state index contributed by atoms with van der Waals surface area (Å²) in [5.41, 5.74) is 1.96. The molecule has 1 heterocycles. The van der Waals surface area contributed by atoms with Gasteiger partial charge < -0.3 is 14.8 Å². The van der Waals surface area contributed by atoms with Gasteiger partial charge in [0, 0.05) is 17.0 Å². The Morgan fingerprint density at radius 3 is 2.74 bits per heavy atom. The van der Waals surface area contributed by atoms with E-state index in [0.717, 1.165) is 36.0 Å². The van der Waals surface area contributed by atoms with Crippen molar-refractivity contribution in [1.29, 1.82) is 0 Å². The quantitative estimate of drug-likeness (QED) is 0.691. The summed E-state index contributed by atoms with van der Waals surface area (Å²) < 4.78 is 12.7. The number of halogens is 1. The van der Waals surface area contributed by atoms with Crippen LogP contribution in [0.5, 0.6) is 5.75 Å². The van der Waals surface area contributed by atoms with Crippen LogP contribution >= 0.6 is 15.9 Å². The van der Waals surface area contributed by atoms with Crippen LogP contribution in [0.4, 0.5) is 5.69 Å². The molecule has 0 bridgehead atoms. The number of carbonyl (C=O) groups excluding carboxylic acids is 1. The molecule has 5 heteroatoms. The molecule has 1 aliphatic heterocycles. The molecule has 0 radical (unpaired) electrons. The van der Waals surface area contributed by atoms with Crippen molar-refractivity contribution in [2.24, 2.45) is 5.92 Å². The van der Waals surface area contributed by atoms with E-state index in [9.17, 15) is 4.79 Å². The van der Waals surface area contributed by atoms with Crippen molar-refractivity contribution < 1.29 is 14.3 Å². The lowest BCUT2D eigenvalue weighted by Gasteiger charge is -2.23. The van der Waals surface area contributed by atoms with E-state index in [4.69, 9.17) is 9.47 Å². The van der Waals surface area contributed by atoms with Gasteiger partial charge in [-0.15, -0.1) is 0 Å². The second kappa shape index (κ2) is 8.44. The largest absolute Gasteiger partial charge is 0.489 e. The molecular formula is C22H24BrNO3. The van der Waals surface area contributed by atoms with E-state index in [1.807, 2.05) is 36.4 Å². The summed E-state index contributed by atoms with van der Waals surface area (Å²) in [4.78, 5) is 12.7. The van der Waals surface area contributed by atoms with Gasteiger partial charge in [0.25, 0.3) is 0 Å².